The fraction of sp³-hybridized carbons (Fsp3) is 0.136. The number of carbonyl (C=O) groups excluding carboxylic acids is 3. The van der Waals surface area contributed by atoms with Gasteiger partial charge in [-0.2, -0.15) is 0 Å². The third kappa shape index (κ3) is 3.57. The van der Waals surface area contributed by atoms with Gasteiger partial charge in [-0.1, -0.05) is 48.5 Å². The SMILES string of the molecule is O=C(CCC1NC(=O)c2ccccc2NC1=O)Nc1cccc2ccccc12. The molecule has 1 atom stereocenters. The van der Waals surface area contributed by atoms with Gasteiger partial charge in [-0.05, 0) is 30.0 Å². The lowest BCUT2D eigenvalue weighted by Crippen LogP contribution is -2.41. The highest BCUT2D eigenvalue weighted by molar-refractivity contribution is 6.10. The van der Waals surface area contributed by atoms with Gasteiger partial charge in [0.2, 0.25) is 11.8 Å². The van der Waals surface area contributed by atoms with E-state index in [2.05, 4.69) is 16.0 Å². The Bertz CT molecular complexity index is 1070. The van der Waals surface area contributed by atoms with Gasteiger partial charge in [-0.3, -0.25) is 14.4 Å². The molecule has 0 fully saturated rings. The average Bonchev–Trinajstić information content (AvgIpc) is 2.83. The smallest absolute Gasteiger partial charge is 0.254 e. The molecule has 3 N–H and O–H groups in total. The number of para-hydroxylation sites is 1. The number of fused-ring (bicyclic) bond motifs is 2. The van der Waals surface area contributed by atoms with Crippen LogP contribution in [0.2, 0.25) is 0 Å². The van der Waals surface area contributed by atoms with Crippen LogP contribution in [0.25, 0.3) is 10.8 Å². The van der Waals surface area contributed by atoms with Gasteiger partial charge < -0.3 is 16.0 Å². The molecule has 0 saturated heterocycles. The second kappa shape index (κ2) is 7.52. The summed E-state index contributed by atoms with van der Waals surface area (Å²) in [6, 6.07) is 19.6. The maximum absolute atomic E-state index is 12.4. The van der Waals surface area contributed by atoms with Crippen molar-refractivity contribution >= 4 is 39.9 Å². The Hall–Kier alpha value is -3.67. The summed E-state index contributed by atoms with van der Waals surface area (Å²) in [6.07, 6.45) is 0.320. The van der Waals surface area contributed by atoms with Gasteiger partial charge in [0.25, 0.3) is 5.91 Å². The fourth-order valence-corrected chi connectivity index (χ4v) is 3.34. The van der Waals surface area contributed by atoms with Crippen molar-refractivity contribution < 1.29 is 14.4 Å². The second-order valence-electron chi connectivity index (χ2n) is 6.67. The highest BCUT2D eigenvalue weighted by atomic mass is 16.2. The molecular formula is C22H19N3O3. The van der Waals surface area contributed by atoms with Gasteiger partial charge in [0.15, 0.2) is 0 Å². The van der Waals surface area contributed by atoms with Crippen molar-refractivity contribution in [3.63, 3.8) is 0 Å². The van der Waals surface area contributed by atoms with Crippen LogP contribution in [0, 0.1) is 0 Å². The van der Waals surface area contributed by atoms with E-state index >= 15 is 0 Å². The van der Waals surface area contributed by atoms with E-state index in [-0.39, 0.29) is 30.6 Å². The lowest BCUT2D eigenvalue weighted by molar-refractivity contribution is -0.118. The van der Waals surface area contributed by atoms with Crippen molar-refractivity contribution in [3.8, 4) is 0 Å². The Morgan fingerprint density at radius 2 is 1.68 bits per heavy atom. The summed E-state index contributed by atoms with van der Waals surface area (Å²) < 4.78 is 0. The average molecular weight is 373 g/mol. The van der Waals surface area contributed by atoms with Crippen molar-refractivity contribution in [1.82, 2.24) is 5.32 Å². The first-order chi connectivity index (χ1) is 13.6. The van der Waals surface area contributed by atoms with Crippen LogP contribution in [-0.2, 0) is 9.59 Å². The number of anilines is 2. The normalized spacial score (nSPS) is 15.9. The minimum Gasteiger partial charge on any atom is -0.340 e. The van der Waals surface area contributed by atoms with E-state index in [1.165, 1.54) is 0 Å². The maximum Gasteiger partial charge on any atom is 0.254 e. The van der Waals surface area contributed by atoms with Crippen LogP contribution in [0.3, 0.4) is 0 Å². The third-order valence-corrected chi connectivity index (χ3v) is 4.78. The fourth-order valence-electron chi connectivity index (χ4n) is 3.34. The first kappa shape index (κ1) is 17.7. The van der Waals surface area contributed by atoms with Gasteiger partial charge in [0.1, 0.15) is 6.04 Å². The molecule has 3 aromatic carbocycles. The maximum atomic E-state index is 12.4. The molecule has 6 heteroatoms. The largest absolute Gasteiger partial charge is 0.340 e. The van der Waals surface area contributed by atoms with E-state index in [0.29, 0.717) is 11.3 Å². The Kier molecular flexibility index (Phi) is 4.76. The minimum absolute atomic E-state index is 0.109. The summed E-state index contributed by atoms with van der Waals surface area (Å²) in [7, 11) is 0. The van der Waals surface area contributed by atoms with Crippen LogP contribution in [0.5, 0.6) is 0 Å². The Balaban J connectivity index is 1.42. The number of hydrogen-bond donors (Lipinski definition) is 3. The van der Waals surface area contributed by atoms with Crippen LogP contribution in [0.15, 0.2) is 66.7 Å². The number of nitrogens with one attached hydrogen (secondary N) is 3. The number of benzene rings is 3. The van der Waals surface area contributed by atoms with Crippen LogP contribution < -0.4 is 16.0 Å². The zero-order valence-corrected chi connectivity index (χ0v) is 15.1. The first-order valence-corrected chi connectivity index (χ1v) is 9.10. The van der Waals surface area contributed by atoms with Crippen LogP contribution >= 0.6 is 0 Å². The molecule has 1 aliphatic rings. The molecule has 6 nitrogen and oxygen atoms in total. The molecule has 1 unspecified atom stereocenters. The molecule has 0 saturated carbocycles. The van der Waals surface area contributed by atoms with Crippen LogP contribution in [-0.4, -0.2) is 23.8 Å². The van der Waals surface area contributed by atoms with E-state index in [9.17, 15) is 14.4 Å². The number of hydrogen-bond acceptors (Lipinski definition) is 3. The molecule has 0 aromatic heterocycles. The predicted octanol–water partition coefficient (Wildman–Crippen LogP) is 3.31. The molecule has 0 bridgehead atoms. The quantitative estimate of drug-likeness (QED) is 0.656. The van der Waals surface area contributed by atoms with E-state index < -0.39 is 6.04 Å². The lowest BCUT2D eigenvalue weighted by atomic mass is 10.1. The summed E-state index contributed by atoms with van der Waals surface area (Å²) in [5.41, 5.74) is 1.62. The molecule has 140 valence electrons. The van der Waals surface area contributed by atoms with Crippen molar-refractivity contribution in [2.75, 3.05) is 10.6 Å². The molecule has 4 rings (SSSR count). The highest BCUT2D eigenvalue weighted by Crippen LogP contribution is 2.23. The van der Waals surface area contributed by atoms with Crippen molar-refractivity contribution in [1.29, 1.82) is 0 Å². The summed E-state index contributed by atoms with van der Waals surface area (Å²) in [4.78, 5) is 37.2. The molecule has 1 heterocycles. The minimum atomic E-state index is -0.766. The summed E-state index contributed by atoms with van der Waals surface area (Å²) >= 11 is 0. The van der Waals surface area contributed by atoms with E-state index in [1.54, 1.807) is 24.3 Å². The molecule has 0 spiro atoms. The van der Waals surface area contributed by atoms with Crippen molar-refractivity contribution in [3.05, 3.63) is 72.3 Å². The standard InChI is InChI=1S/C22H19N3O3/c26-20(23-17-11-5-7-14-6-1-2-8-15(14)17)13-12-19-22(28)24-18-10-4-3-9-16(18)21(27)25-19/h1-11,19H,12-13H2,(H,23,26)(H,24,28)(H,25,27). The molecule has 0 radical (unpaired) electrons. The zero-order chi connectivity index (χ0) is 19.5. The molecular weight excluding hydrogens is 354 g/mol. The molecule has 28 heavy (non-hydrogen) atoms. The number of rotatable bonds is 4. The first-order valence-electron chi connectivity index (χ1n) is 9.10. The van der Waals surface area contributed by atoms with Gasteiger partial charge in [-0.25, -0.2) is 0 Å². The van der Waals surface area contributed by atoms with Gasteiger partial charge >= 0.3 is 0 Å². The van der Waals surface area contributed by atoms with E-state index in [0.717, 1.165) is 16.5 Å². The van der Waals surface area contributed by atoms with Crippen LogP contribution in [0.1, 0.15) is 23.2 Å². The lowest BCUT2D eigenvalue weighted by Gasteiger charge is -2.14. The van der Waals surface area contributed by atoms with Crippen LogP contribution in [0.4, 0.5) is 11.4 Å². The number of carbonyl (C=O) groups is 3. The Morgan fingerprint density at radius 1 is 0.929 bits per heavy atom. The predicted molar refractivity (Wildman–Crippen MR) is 108 cm³/mol. The third-order valence-electron chi connectivity index (χ3n) is 4.78. The van der Waals surface area contributed by atoms with Crippen molar-refractivity contribution in [2.45, 2.75) is 18.9 Å². The molecule has 1 aliphatic heterocycles. The Labute approximate surface area is 161 Å². The molecule has 3 amide bonds. The summed E-state index contributed by atoms with van der Waals surface area (Å²) in [6.45, 7) is 0. The van der Waals surface area contributed by atoms with E-state index in [1.807, 2.05) is 42.5 Å². The summed E-state index contributed by atoms with van der Waals surface area (Å²) in [5, 5.41) is 10.3. The van der Waals surface area contributed by atoms with Gasteiger partial charge in [0.05, 0.1) is 11.3 Å². The van der Waals surface area contributed by atoms with Crippen molar-refractivity contribution in [2.24, 2.45) is 0 Å². The number of amides is 3. The Morgan fingerprint density at radius 3 is 2.57 bits per heavy atom. The van der Waals surface area contributed by atoms with Gasteiger partial charge in [0, 0.05) is 17.5 Å². The monoisotopic (exact) mass is 373 g/mol. The molecule has 0 aliphatic carbocycles. The topological polar surface area (TPSA) is 87.3 Å². The zero-order valence-electron chi connectivity index (χ0n) is 15.1. The molecule has 3 aromatic rings. The highest BCUT2D eigenvalue weighted by Gasteiger charge is 2.27. The summed E-state index contributed by atoms with van der Waals surface area (Å²) in [5.74, 6) is -0.857. The van der Waals surface area contributed by atoms with E-state index in [4.69, 9.17) is 0 Å². The second-order valence-corrected chi connectivity index (χ2v) is 6.67. The van der Waals surface area contributed by atoms with Gasteiger partial charge in [-0.15, -0.1) is 0 Å².